The molecule has 0 radical (unpaired) electrons. The molecule has 1 aromatic carbocycles. The number of esters is 1. The van der Waals surface area contributed by atoms with Crippen LogP contribution in [0.4, 0.5) is 0 Å². The van der Waals surface area contributed by atoms with Gasteiger partial charge in [0.15, 0.2) is 0 Å². The molecule has 5 nitrogen and oxygen atoms in total. The molecule has 0 aromatic heterocycles. The van der Waals surface area contributed by atoms with Gasteiger partial charge in [0.2, 0.25) is 0 Å². The summed E-state index contributed by atoms with van der Waals surface area (Å²) in [5.74, 6) is 4.29. The Kier molecular flexibility index (Phi) is 6.82. The summed E-state index contributed by atoms with van der Waals surface area (Å²) >= 11 is 0. The predicted octanol–water partition coefficient (Wildman–Crippen LogP) is 1.17. The van der Waals surface area contributed by atoms with Gasteiger partial charge in [0.05, 0.1) is 20.1 Å². The highest BCUT2D eigenvalue weighted by Gasteiger charge is 2.21. The summed E-state index contributed by atoms with van der Waals surface area (Å²) in [6.45, 7) is 1.74. The molecule has 1 aromatic rings. The van der Waals surface area contributed by atoms with Crippen LogP contribution in [0.1, 0.15) is 12.5 Å². The Morgan fingerprint density at radius 3 is 2.62 bits per heavy atom. The summed E-state index contributed by atoms with van der Waals surface area (Å²) in [6.07, 6.45) is 0.413. The van der Waals surface area contributed by atoms with E-state index in [0.717, 1.165) is 5.56 Å². The molecule has 1 atom stereocenters. The molecule has 0 saturated heterocycles. The summed E-state index contributed by atoms with van der Waals surface area (Å²) in [6, 6.07) is 7.43. The minimum atomic E-state index is -0.492. The summed E-state index contributed by atoms with van der Waals surface area (Å²) in [5, 5.41) is 2.60. The normalized spacial score (nSPS) is 10.8. The van der Waals surface area contributed by atoms with Gasteiger partial charge in [0.1, 0.15) is 5.75 Å². The zero-order valence-electron chi connectivity index (χ0n) is 12.4. The van der Waals surface area contributed by atoms with E-state index in [9.17, 15) is 9.59 Å². The van der Waals surface area contributed by atoms with Gasteiger partial charge in [-0.2, -0.15) is 0 Å². The van der Waals surface area contributed by atoms with Crippen LogP contribution in [0.25, 0.3) is 0 Å². The fourth-order valence-corrected chi connectivity index (χ4v) is 1.92. The Labute approximate surface area is 124 Å². The van der Waals surface area contributed by atoms with Crippen molar-refractivity contribution in [2.24, 2.45) is 5.92 Å². The van der Waals surface area contributed by atoms with E-state index < -0.39 is 11.8 Å². The van der Waals surface area contributed by atoms with Crippen molar-refractivity contribution >= 4 is 11.9 Å². The van der Waals surface area contributed by atoms with Gasteiger partial charge in [0, 0.05) is 6.54 Å². The molecule has 5 heteroatoms. The number of hydrogen-bond acceptors (Lipinski definition) is 4. The van der Waals surface area contributed by atoms with E-state index in [0.29, 0.717) is 12.2 Å². The van der Waals surface area contributed by atoms with E-state index in [1.54, 1.807) is 14.0 Å². The van der Waals surface area contributed by atoms with Gasteiger partial charge >= 0.3 is 5.97 Å². The lowest BCUT2D eigenvalue weighted by Crippen LogP contribution is -2.34. The molecule has 0 bridgehead atoms. The highest BCUT2D eigenvalue weighted by Crippen LogP contribution is 2.21. The molecule has 0 aliphatic rings. The first-order chi connectivity index (χ1) is 10.1. The molecule has 0 aliphatic carbocycles. The molecule has 0 aliphatic heterocycles. The first-order valence-corrected chi connectivity index (χ1v) is 6.52. The largest absolute Gasteiger partial charge is 0.496 e. The molecule has 0 heterocycles. The first kappa shape index (κ1) is 16.6. The van der Waals surface area contributed by atoms with Gasteiger partial charge in [0.25, 0.3) is 5.91 Å². The van der Waals surface area contributed by atoms with Crippen LogP contribution in [0.15, 0.2) is 24.3 Å². The maximum Gasteiger partial charge on any atom is 0.310 e. The third kappa shape index (κ3) is 5.19. The van der Waals surface area contributed by atoms with E-state index in [2.05, 4.69) is 17.2 Å². The molecule has 1 amide bonds. The number of carbonyl (C=O) groups is 2. The Morgan fingerprint density at radius 1 is 1.29 bits per heavy atom. The van der Waals surface area contributed by atoms with Crippen molar-refractivity contribution in [2.45, 2.75) is 13.3 Å². The van der Waals surface area contributed by atoms with Crippen molar-refractivity contribution in [3.8, 4) is 17.6 Å². The lowest BCUT2D eigenvalue weighted by Gasteiger charge is -2.16. The zero-order valence-corrected chi connectivity index (χ0v) is 12.4. The van der Waals surface area contributed by atoms with Crippen LogP contribution in [-0.4, -0.2) is 32.6 Å². The fourth-order valence-electron chi connectivity index (χ4n) is 1.92. The van der Waals surface area contributed by atoms with Gasteiger partial charge in [-0.3, -0.25) is 9.59 Å². The highest BCUT2D eigenvalue weighted by atomic mass is 16.5. The third-order valence-corrected chi connectivity index (χ3v) is 2.94. The number of hydrogen-bond donors (Lipinski definition) is 1. The van der Waals surface area contributed by atoms with E-state index in [1.807, 2.05) is 24.3 Å². The molecule has 1 N–H and O–H groups in total. The number of carbonyl (C=O) groups excluding carboxylic acids is 2. The van der Waals surface area contributed by atoms with Gasteiger partial charge in [-0.05, 0) is 30.9 Å². The summed E-state index contributed by atoms with van der Waals surface area (Å²) in [7, 11) is 2.90. The second-order valence-electron chi connectivity index (χ2n) is 4.32. The van der Waals surface area contributed by atoms with E-state index in [4.69, 9.17) is 9.47 Å². The smallest absolute Gasteiger partial charge is 0.310 e. The summed E-state index contributed by atoms with van der Waals surface area (Å²) in [4.78, 5) is 23.2. The van der Waals surface area contributed by atoms with Gasteiger partial charge in [-0.1, -0.05) is 24.1 Å². The van der Waals surface area contributed by atoms with Crippen molar-refractivity contribution in [2.75, 3.05) is 20.8 Å². The average Bonchev–Trinajstić information content (AvgIpc) is 2.51. The average molecular weight is 289 g/mol. The van der Waals surface area contributed by atoms with Crippen molar-refractivity contribution in [1.29, 1.82) is 0 Å². The van der Waals surface area contributed by atoms with Gasteiger partial charge in [-0.25, -0.2) is 0 Å². The maximum absolute atomic E-state index is 11.8. The Balaban J connectivity index is 2.80. The predicted molar refractivity (Wildman–Crippen MR) is 78.7 cm³/mol. The van der Waals surface area contributed by atoms with Crippen molar-refractivity contribution in [3.63, 3.8) is 0 Å². The van der Waals surface area contributed by atoms with Crippen molar-refractivity contribution in [1.82, 2.24) is 5.32 Å². The molecule has 0 saturated carbocycles. The van der Waals surface area contributed by atoms with Crippen molar-refractivity contribution in [3.05, 3.63) is 29.8 Å². The third-order valence-electron chi connectivity index (χ3n) is 2.94. The second-order valence-corrected chi connectivity index (χ2v) is 4.32. The number of para-hydroxylation sites is 1. The lowest BCUT2D eigenvalue weighted by molar-refractivity contribution is -0.145. The minimum absolute atomic E-state index is 0.165. The fraction of sp³-hybridized carbons (Fsp3) is 0.375. The standard InChI is InChI=1S/C16H19NO4/c1-4-7-15(18)17-11-13(16(19)21-3)10-12-8-5-6-9-14(12)20-2/h5-6,8-9,13H,10-11H2,1-3H3,(H,17,18). The van der Waals surface area contributed by atoms with Crippen LogP contribution in [0, 0.1) is 17.8 Å². The summed E-state index contributed by atoms with van der Waals surface area (Å²) < 4.78 is 10.0. The maximum atomic E-state index is 11.8. The molecule has 0 spiro atoms. The number of methoxy groups -OCH3 is 2. The first-order valence-electron chi connectivity index (χ1n) is 6.52. The van der Waals surface area contributed by atoms with Crippen LogP contribution in [0.2, 0.25) is 0 Å². The van der Waals surface area contributed by atoms with Crippen LogP contribution in [0.5, 0.6) is 5.75 Å². The Hall–Kier alpha value is -2.48. The van der Waals surface area contributed by atoms with E-state index in [1.165, 1.54) is 7.11 Å². The highest BCUT2D eigenvalue weighted by molar-refractivity contribution is 5.93. The molecule has 0 fully saturated rings. The number of ether oxygens (including phenoxy) is 2. The molecule has 1 rings (SSSR count). The monoisotopic (exact) mass is 289 g/mol. The molecule has 21 heavy (non-hydrogen) atoms. The van der Waals surface area contributed by atoms with Crippen LogP contribution < -0.4 is 10.1 Å². The topological polar surface area (TPSA) is 64.6 Å². The van der Waals surface area contributed by atoms with Crippen LogP contribution in [-0.2, 0) is 20.7 Å². The number of rotatable bonds is 6. The summed E-state index contributed by atoms with van der Waals surface area (Å²) in [5.41, 5.74) is 0.881. The minimum Gasteiger partial charge on any atom is -0.496 e. The van der Waals surface area contributed by atoms with Gasteiger partial charge < -0.3 is 14.8 Å². The quantitative estimate of drug-likeness (QED) is 0.630. The molecular formula is C16H19NO4. The number of nitrogens with one attached hydrogen (secondary N) is 1. The lowest BCUT2D eigenvalue weighted by atomic mass is 9.98. The molecule has 1 unspecified atom stereocenters. The van der Waals surface area contributed by atoms with E-state index >= 15 is 0 Å². The molecular weight excluding hydrogens is 270 g/mol. The Morgan fingerprint density at radius 2 is 2.00 bits per heavy atom. The van der Waals surface area contributed by atoms with Crippen molar-refractivity contribution < 1.29 is 19.1 Å². The van der Waals surface area contributed by atoms with Crippen LogP contribution in [0.3, 0.4) is 0 Å². The van der Waals surface area contributed by atoms with Gasteiger partial charge in [-0.15, -0.1) is 0 Å². The zero-order chi connectivity index (χ0) is 15.7. The Bertz CT molecular complexity index is 557. The SMILES string of the molecule is CC#CC(=O)NCC(Cc1ccccc1OC)C(=O)OC. The molecule has 112 valence electrons. The van der Waals surface area contributed by atoms with Crippen LogP contribution >= 0.6 is 0 Å². The number of benzene rings is 1. The number of amides is 1. The second kappa shape index (κ2) is 8.64. The van der Waals surface area contributed by atoms with E-state index in [-0.39, 0.29) is 12.5 Å².